The zero-order chi connectivity index (χ0) is 21.8. The SMILES string of the molecule is c1ccc([Si]2(c3ccccc3)c3ccccc3Cc3c2ccc2c3-c3ccccc3C2)cc1. The third kappa shape index (κ3) is 2.57. The highest BCUT2D eigenvalue weighted by Gasteiger charge is 2.47. The second-order valence-electron chi connectivity index (χ2n) is 9.28. The van der Waals surface area contributed by atoms with Crippen LogP contribution in [-0.2, 0) is 12.8 Å². The number of hydrogen-bond acceptors (Lipinski definition) is 0. The van der Waals surface area contributed by atoms with E-state index in [9.17, 15) is 0 Å². The van der Waals surface area contributed by atoms with Crippen molar-refractivity contribution in [2.24, 2.45) is 0 Å². The molecular formula is C32H24Si. The fourth-order valence-corrected chi connectivity index (χ4v) is 11.6. The topological polar surface area (TPSA) is 0 Å². The van der Waals surface area contributed by atoms with Gasteiger partial charge in [0.2, 0.25) is 0 Å². The predicted octanol–water partition coefficient (Wildman–Crippen LogP) is 4.54. The average molecular weight is 437 g/mol. The molecule has 2 aliphatic rings. The van der Waals surface area contributed by atoms with Crippen LogP contribution in [0.5, 0.6) is 0 Å². The Bertz CT molecular complexity index is 1460. The summed E-state index contributed by atoms with van der Waals surface area (Å²) in [7, 11) is -2.44. The Labute approximate surface area is 196 Å². The molecule has 7 rings (SSSR count). The Morgan fingerprint density at radius 2 is 1.03 bits per heavy atom. The standard InChI is InChI=1S/C32H24Si/c1-3-13-26(14-4-1)33(27-15-5-2-6-16-27)30-18-10-8-12-24(30)22-29-31(33)20-19-25-21-23-11-7-9-17-28(23)32(25)29/h1-20H,21-22H2. The molecule has 0 fully saturated rings. The Hall–Kier alpha value is -3.68. The molecule has 0 bridgehead atoms. The maximum Gasteiger partial charge on any atom is 0.180 e. The van der Waals surface area contributed by atoms with Crippen molar-refractivity contribution in [1.82, 2.24) is 0 Å². The molecule has 33 heavy (non-hydrogen) atoms. The second kappa shape index (κ2) is 7.16. The van der Waals surface area contributed by atoms with Gasteiger partial charge in [0.15, 0.2) is 8.07 Å². The quantitative estimate of drug-likeness (QED) is 0.349. The normalized spacial score (nSPS) is 14.7. The fourth-order valence-electron chi connectivity index (χ4n) is 6.38. The van der Waals surface area contributed by atoms with Crippen LogP contribution in [0.1, 0.15) is 22.3 Å². The maximum atomic E-state index is 2.49. The van der Waals surface area contributed by atoms with Crippen LogP contribution in [0.15, 0.2) is 121 Å². The fraction of sp³-hybridized carbons (Fsp3) is 0.0625. The molecule has 5 aromatic rings. The van der Waals surface area contributed by atoms with Crippen molar-refractivity contribution in [1.29, 1.82) is 0 Å². The van der Waals surface area contributed by atoms with Gasteiger partial charge in [-0.05, 0) is 67.0 Å². The summed E-state index contributed by atoms with van der Waals surface area (Å²) in [6.07, 6.45) is 2.06. The van der Waals surface area contributed by atoms with E-state index in [4.69, 9.17) is 0 Å². The first-order valence-corrected chi connectivity index (χ1v) is 13.8. The lowest BCUT2D eigenvalue weighted by Gasteiger charge is -2.41. The molecule has 1 heteroatoms. The molecule has 0 unspecified atom stereocenters. The van der Waals surface area contributed by atoms with Gasteiger partial charge in [-0.2, -0.15) is 0 Å². The maximum absolute atomic E-state index is 2.49. The van der Waals surface area contributed by atoms with E-state index < -0.39 is 8.07 Å². The highest BCUT2D eigenvalue weighted by atomic mass is 28.3. The van der Waals surface area contributed by atoms with Gasteiger partial charge in [-0.25, -0.2) is 0 Å². The van der Waals surface area contributed by atoms with Gasteiger partial charge < -0.3 is 0 Å². The molecule has 0 radical (unpaired) electrons. The number of rotatable bonds is 2. The summed E-state index contributed by atoms with van der Waals surface area (Å²) in [5, 5.41) is 6.04. The van der Waals surface area contributed by atoms with E-state index >= 15 is 0 Å². The second-order valence-corrected chi connectivity index (χ2v) is 13.0. The zero-order valence-electron chi connectivity index (χ0n) is 18.5. The summed E-state index contributed by atoms with van der Waals surface area (Å²) in [5.74, 6) is 0. The molecule has 5 aromatic carbocycles. The molecule has 0 amide bonds. The first-order chi connectivity index (χ1) is 16.4. The van der Waals surface area contributed by atoms with Crippen molar-refractivity contribution >= 4 is 28.8 Å². The summed E-state index contributed by atoms with van der Waals surface area (Å²) < 4.78 is 0. The molecule has 1 aliphatic carbocycles. The minimum Gasteiger partial charge on any atom is -0.0623 e. The van der Waals surface area contributed by atoms with Gasteiger partial charge in [-0.15, -0.1) is 0 Å². The van der Waals surface area contributed by atoms with Gasteiger partial charge in [-0.1, -0.05) is 121 Å². The molecule has 0 spiro atoms. The third-order valence-electron chi connectivity index (χ3n) is 7.67. The highest BCUT2D eigenvalue weighted by Crippen LogP contribution is 2.40. The van der Waals surface area contributed by atoms with Crippen molar-refractivity contribution in [2.45, 2.75) is 12.8 Å². The van der Waals surface area contributed by atoms with E-state index in [1.807, 2.05) is 0 Å². The van der Waals surface area contributed by atoms with E-state index in [2.05, 4.69) is 121 Å². The first kappa shape index (κ1) is 18.8. The van der Waals surface area contributed by atoms with Gasteiger partial charge in [0, 0.05) is 0 Å². The number of hydrogen-bond donors (Lipinski definition) is 0. The summed E-state index contributed by atoms with van der Waals surface area (Å²) >= 11 is 0. The van der Waals surface area contributed by atoms with Gasteiger partial charge in [0.1, 0.15) is 0 Å². The minimum absolute atomic E-state index is 1.01. The predicted molar refractivity (Wildman–Crippen MR) is 141 cm³/mol. The summed E-state index contributed by atoms with van der Waals surface area (Å²) in [4.78, 5) is 0. The number of benzene rings is 5. The lowest BCUT2D eigenvalue weighted by molar-refractivity contribution is 1.19. The van der Waals surface area contributed by atoms with Crippen LogP contribution >= 0.6 is 0 Å². The van der Waals surface area contributed by atoms with E-state index in [0.717, 1.165) is 12.8 Å². The molecule has 1 heterocycles. The average Bonchev–Trinajstić information content (AvgIpc) is 3.27. The Morgan fingerprint density at radius 1 is 0.424 bits per heavy atom. The van der Waals surface area contributed by atoms with Crippen LogP contribution in [0.4, 0.5) is 0 Å². The molecule has 1 aliphatic heterocycles. The molecule has 0 nitrogen and oxygen atoms in total. The molecule has 0 saturated carbocycles. The molecule has 156 valence electrons. The smallest absolute Gasteiger partial charge is 0.0623 e. The van der Waals surface area contributed by atoms with Crippen molar-refractivity contribution < 1.29 is 0 Å². The van der Waals surface area contributed by atoms with Crippen molar-refractivity contribution in [3.05, 3.63) is 144 Å². The van der Waals surface area contributed by atoms with Gasteiger partial charge in [-0.3, -0.25) is 0 Å². The largest absolute Gasteiger partial charge is 0.180 e. The lowest BCUT2D eigenvalue weighted by atomic mass is 9.94. The van der Waals surface area contributed by atoms with Crippen LogP contribution in [0, 0.1) is 0 Å². The third-order valence-corrected chi connectivity index (χ3v) is 12.6. The van der Waals surface area contributed by atoms with Crippen LogP contribution < -0.4 is 20.7 Å². The Morgan fingerprint density at radius 3 is 1.76 bits per heavy atom. The monoisotopic (exact) mass is 436 g/mol. The van der Waals surface area contributed by atoms with Crippen molar-refractivity contribution in [3.8, 4) is 11.1 Å². The number of fused-ring (bicyclic) bond motifs is 6. The lowest BCUT2D eigenvalue weighted by Crippen LogP contribution is -2.77. The van der Waals surface area contributed by atoms with Gasteiger partial charge >= 0.3 is 0 Å². The minimum atomic E-state index is -2.44. The molecular weight excluding hydrogens is 412 g/mol. The van der Waals surface area contributed by atoms with Crippen LogP contribution in [0.25, 0.3) is 11.1 Å². The van der Waals surface area contributed by atoms with Crippen molar-refractivity contribution in [2.75, 3.05) is 0 Å². The van der Waals surface area contributed by atoms with E-state index in [-0.39, 0.29) is 0 Å². The summed E-state index contributed by atoms with van der Waals surface area (Å²) in [6.45, 7) is 0. The Kier molecular flexibility index (Phi) is 4.09. The first-order valence-electron chi connectivity index (χ1n) is 11.8. The van der Waals surface area contributed by atoms with Crippen LogP contribution in [-0.4, -0.2) is 8.07 Å². The van der Waals surface area contributed by atoms with Crippen molar-refractivity contribution in [3.63, 3.8) is 0 Å². The van der Waals surface area contributed by atoms with E-state index in [0.29, 0.717) is 0 Å². The van der Waals surface area contributed by atoms with Gasteiger partial charge in [0.05, 0.1) is 0 Å². The molecule has 0 N–H and O–H groups in total. The van der Waals surface area contributed by atoms with E-state index in [1.165, 1.54) is 38.2 Å². The highest BCUT2D eigenvalue weighted by molar-refractivity contribution is 7.20. The molecule has 0 aromatic heterocycles. The molecule has 0 atom stereocenters. The van der Waals surface area contributed by atoms with Crippen LogP contribution in [0.3, 0.4) is 0 Å². The molecule has 0 saturated heterocycles. The summed E-state index contributed by atoms with van der Waals surface area (Å²) in [6, 6.07) is 45.8. The summed E-state index contributed by atoms with van der Waals surface area (Å²) in [5.41, 5.74) is 8.93. The van der Waals surface area contributed by atoms with E-state index in [1.54, 1.807) is 15.9 Å². The van der Waals surface area contributed by atoms with Gasteiger partial charge in [0.25, 0.3) is 0 Å². The van der Waals surface area contributed by atoms with Crippen LogP contribution in [0.2, 0.25) is 0 Å². The zero-order valence-corrected chi connectivity index (χ0v) is 19.5. The Balaban J connectivity index is 1.65.